The van der Waals surface area contributed by atoms with E-state index in [4.69, 9.17) is 9.84 Å². The number of carboxylic acids is 1. The van der Waals surface area contributed by atoms with Crippen LogP contribution in [-0.2, 0) is 11.2 Å². The van der Waals surface area contributed by atoms with E-state index in [-0.39, 0.29) is 12.5 Å². The summed E-state index contributed by atoms with van der Waals surface area (Å²) in [5.41, 5.74) is 3.62. The van der Waals surface area contributed by atoms with E-state index in [0.29, 0.717) is 19.6 Å². The van der Waals surface area contributed by atoms with Crippen molar-refractivity contribution in [1.82, 2.24) is 5.32 Å². The standard InChI is InChI=1S/C27H38N2O4/c1-4-6-8-17-28-27(32)29(3)23-12-10-11-22(20-23)24-15-13-21(14-16-26(30)31)19-25(24)33-18-9-7-5-2/h10-13,15,19-20H,4-9,14,16-18H2,1-3H3,(H,28,32)(H,30,31). The summed E-state index contributed by atoms with van der Waals surface area (Å²) in [4.78, 5) is 25.1. The number of anilines is 1. The van der Waals surface area contributed by atoms with Gasteiger partial charge in [-0.15, -0.1) is 0 Å². The van der Waals surface area contributed by atoms with E-state index < -0.39 is 5.97 Å². The number of urea groups is 1. The zero-order chi connectivity index (χ0) is 24.1. The fourth-order valence-corrected chi connectivity index (χ4v) is 3.55. The second-order valence-electron chi connectivity index (χ2n) is 8.33. The molecule has 0 aliphatic heterocycles. The summed E-state index contributed by atoms with van der Waals surface area (Å²) in [6.07, 6.45) is 6.92. The molecular formula is C27H38N2O4. The van der Waals surface area contributed by atoms with Gasteiger partial charge < -0.3 is 15.2 Å². The molecule has 180 valence electrons. The Balaban J connectivity index is 2.22. The summed E-state index contributed by atoms with van der Waals surface area (Å²) in [5, 5.41) is 12.0. The number of nitrogens with one attached hydrogen (secondary N) is 1. The fourth-order valence-electron chi connectivity index (χ4n) is 3.55. The quantitative estimate of drug-likeness (QED) is 0.330. The Hall–Kier alpha value is -3.02. The summed E-state index contributed by atoms with van der Waals surface area (Å²) in [7, 11) is 1.77. The molecule has 0 atom stereocenters. The van der Waals surface area contributed by atoms with Gasteiger partial charge in [0.2, 0.25) is 0 Å². The summed E-state index contributed by atoms with van der Waals surface area (Å²) >= 11 is 0. The maximum absolute atomic E-state index is 12.5. The molecule has 0 aromatic heterocycles. The number of rotatable bonds is 14. The average molecular weight is 455 g/mol. The van der Waals surface area contributed by atoms with Gasteiger partial charge in [-0.1, -0.05) is 63.8 Å². The predicted molar refractivity (Wildman–Crippen MR) is 134 cm³/mol. The van der Waals surface area contributed by atoms with Gasteiger partial charge in [0.25, 0.3) is 0 Å². The summed E-state index contributed by atoms with van der Waals surface area (Å²) < 4.78 is 6.12. The van der Waals surface area contributed by atoms with Crippen molar-refractivity contribution in [2.45, 2.75) is 65.2 Å². The molecule has 33 heavy (non-hydrogen) atoms. The fraction of sp³-hybridized carbons (Fsp3) is 0.481. The lowest BCUT2D eigenvalue weighted by Gasteiger charge is -2.20. The number of aliphatic carboxylic acids is 1. The van der Waals surface area contributed by atoms with Gasteiger partial charge in [0.05, 0.1) is 6.61 Å². The lowest BCUT2D eigenvalue weighted by Crippen LogP contribution is -2.37. The number of unbranched alkanes of at least 4 members (excludes halogenated alkanes) is 4. The normalized spacial score (nSPS) is 10.6. The number of aryl methyl sites for hydroxylation is 1. The molecule has 6 nitrogen and oxygen atoms in total. The number of nitrogens with zero attached hydrogens (tertiary/aromatic N) is 1. The number of carbonyl (C=O) groups is 2. The number of hydrogen-bond acceptors (Lipinski definition) is 3. The Bertz CT molecular complexity index is 897. The third kappa shape index (κ3) is 8.79. The van der Waals surface area contributed by atoms with Crippen molar-refractivity contribution in [2.75, 3.05) is 25.1 Å². The monoisotopic (exact) mass is 454 g/mol. The first-order valence-corrected chi connectivity index (χ1v) is 12.1. The summed E-state index contributed by atoms with van der Waals surface area (Å²) in [6.45, 7) is 5.58. The molecule has 0 aliphatic rings. The molecule has 0 heterocycles. The molecule has 0 unspecified atom stereocenters. The maximum Gasteiger partial charge on any atom is 0.321 e. The van der Waals surface area contributed by atoms with E-state index in [1.165, 1.54) is 0 Å². The van der Waals surface area contributed by atoms with E-state index >= 15 is 0 Å². The van der Waals surface area contributed by atoms with Crippen molar-refractivity contribution in [3.8, 4) is 16.9 Å². The molecule has 0 aliphatic carbocycles. The third-order valence-corrected chi connectivity index (χ3v) is 5.58. The molecule has 2 amide bonds. The summed E-state index contributed by atoms with van der Waals surface area (Å²) in [6, 6.07) is 13.6. The molecule has 0 bridgehead atoms. The summed E-state index contributed by atoms with van der Waals surface area (Å²) in [5.74, 6) is -0.0639. The van der Waals surface area contributed by atoms with Gasteiger partial charge >= 0.3 is 12.0 Å². The highest BCUT2D eigenvalue weighted by molar-refractivity contribution is 5.92. The van der Waals surface area contributed by atoms with E-state index in [1.54, 1.807) is 11.9 Å². The number of ether oxygens (including phenoxy) is 1. The van der Waals surface area contributed by atoms with Gasteiger partial charge in [0.15, 0.2) is 0 Å². The number of carboxylic acid groups (broad SMARTS) is 1. The van der Waals surface area contributed by atoms with Gasteiger partial charge in [0, 0.05) is 31.3 Å². The average Bonchev–Trinajstić information content (AvgIpc) is 2.82. The minimum atomic E-state index is -0.812. The topological polar surface area (TPSA) is 78.9 Å². The zero-order valence-electron chi connectivity index (χ0n) is 20.2. The van der Waals surface area contributed by atoms with E-state index in [1.807, 2.05) is 42.5 Å². The Morgan fingerprint density at radius 2 is 1.76 bits per heavy atom. The molecule has 2 rings (SSSR count). The SMILES string of the molecule is CCCCCNC(=O)N(C)c1cccc(-c2ccc(CCC(=O)O)cc2OCCCCC)c1. The second-order valence-corrected chi connectivity index (χ2v) is 8.33. The highest BCUT2D eigenvalue weighted by Crippen LogP contribution is 2.33. The lowest BCUT2D eigenvalue weighted by molar-refractivity contribution is -0.136. The zero-order valence-corrected chi connectivity index (χ0v) is 20.2. The van der Waals surface area contributed by atoms with Crippen molar-refractivity contribution in [3.63, 3.8) is 0 Å². The van der Waals surface area contributed by atoms with Crippen molar-refractivity contribution >= 4 is 17.7 Å². The van der Waals surface area contributed by atoms with Crippen LogP contribution in [0.25, 0.3) is 11.1 Å². The van der Waals surface area contributed by atoms with Crippen LogP contribution in [0.2, 0.25) is 0 Å². The third-order valence-electron chi connectivity index (χ3n) is 5.58. The van der Waals surface area contributed by atoms with Gasteiger partial charge in [-0.25, -0.2) is 4.79 Å². The van der Waals surface area contributed by atoms with Crippen LogP contribution < -0.4 is 15.0 Å². The van der Waals surface area contributed by atoms with E-state index in [0.717, 1.165) is 66.7 Å². The number of hydrogen-bond donors (Lipinski definition) is 2. The molecule has 0 saturated heterocycles. The van der Waals surface area contributed by atoms with Gasteiger partial charge in [-0.05, 0) is 48.6 Å². The van der Waals surface area contributed by atoms with Gasteiger partial charge in [0.1, 0.15) is 5.75 Å². The maximum atomic E-state index is 12.5. The Morgan fingerprint density at radius 1 is 1.00 bits per heavy atom. The second kappa shape index (κ2) is 14.2. The van der Waals surface area contributed by atoms with E-state index in [2.05, 4.69) is 19.2 Å². The van der Waals surface area contributed by atoms with Crippen LogP contribution in [0.15, 0.2) is 42.5 Å². The number of carbonyl (C=O) groups excluding carboxylic acids is 1. The Labute approximate surface area is 198 Å². The van der Waals surface area contributed by atoms with Crippen LogP contribution in [0, 0.1) is 0 Å². The number of benzene rings is 2. The first-order valence-electron chi connectivity index (χ1n) is 12.1. The molecule has 0 radical (unpaired) electrons. The minimum absolute atomic E-state index is 0.0856. The predicted octanol–water partition coefficient (Wildman–Crippen LogP) is 6.28. The van der Waals surface area contributed by atoms with Gasteiger partial charge in [-0.2, -0.15) is 0 Å². The van der Waals surface area contributed by atoms with Gasteiger partial charge in [-0.3, -0.25) is 9.69 Å². The van der Waals surface area contributed by atoms with Crippen molar-refractivity contribution in [3.05, 3.63) is 48.0 Å². The first kappa shape index (κ1) is 26.2. The largest absolute Gasteiger partial charge is 0.493 e. The lowest BCUT2D eigenvalue weighted by atomic mass is 10.00. The van der Waals surface area contributed by atoms with Crippen LogP contribution in [0.4, 0.5) is 10.5 Å². The van der Waals surface area contributed by atoms with Crippen LogP contribution in [0.5, 0.6) is 5.75 Å². The van der Waals surface area contributed by atoms with Crippen LogP contribution >= 0.6 is 0 Å². The van der Waals surface area contributed by atoms with Crippen molar-refractivity contribution in [2.24, 2.45) is 0 Å². The molecule has 0 spiro atoms. The van der Waals surface area contributed by atoms with Crippen LogP contribution in [-0.4, -0.2) is 37.3 Å². The number of amides is 2. The van der Waals surface area contributed by atoms with Crippen molar-refractivity contribution in [1.29, 1.82) is 0 Å². The Kier molecular flexibility index (Phi) is 11.3. The highest BCUT2D eigenvalue weighted by atomic mass is 16.5. The first-order chi connectivity index (χ1) is 16.0. The molecule has 6 heteroatoms. The van der Waals surface area contributed by atoms with Crippen LogP contribution in [0.3, 0.4) is 0 Å². The smallest absolute Gasteiger partial charge is 0.321 e. The van der Waals surface area contributed by atoms with Crippen molar-refractivity contribution < 1.29 is 19.4 Å². The molecule has 2 aromatic rings. The molecule has 0 saturated carbocycles. The molecule has 2 N–H and O–H groups in total. The molecular weight excluding hydrogens is 416 g/mol. The molecule has 0 fully saturated rings. The minimum Gasteiger partial charge on any atom is -0.493 e. The van der Waals surface area contributed by atoms with Crippen LogP contribution in [0.1, 0.15) is 64.4 Å². The molecule has 2 aromatic carbocycles. The Morgan fingerprint density at radius 3 is 2.48 bits per heavy atom. The van der Waals surface area contributed by atoms with E-state index in [9.17, 15) is 9.59 Å². The highest BCUT2D eigenvalue weighted by Gasteiger charge is 2.14.